The Morgan fingerprint density at radius 2 is 2.00 bits per heavy atom. The van der Waals surface area contributed by atoms with E-state index in [0.717, 1.165) is 11.3 Å². The normalized spacial score (nSPS) is 10.7. The highest BCUT2D eigenvalue weighted by Gasteiger charge is 2.12. The van der Waals surface area contributed by atoms with Crippen molar-refractivity contribution in [2.45, 2.75) is 26.7 Å². The molecule has 1 heterocycles. The minimum absolute atomic E-state index is 0.137. The van der Waals surface area contributed by atoms with Crippen molar-refractivity contribution in [1.29, 1.82) is 0 Å². The number of benzene rings is 1. The largest absolute Gasteiger partial charge is 0.478 e. The summed E-state index contributed by atoms with van der Waals surface area (Å²) in [6.45, 7) is 5.90. The molecule has 1 aromatic heterocycles. The van der Waals surface area contributed by atoms with Crippen LogP contribution in [0, 0.1) is 6.92 Å². The summed E-state index contributed by atoms with van der Waals surface area (Å²) in [6.07, 6.45) is 0. The zero-order valence-electron chi connectivity index (χ0n) is 12.1. The van der Waals surface area contributed by atoms with E-state index in [2.05, 4.69) is 10.3 Å². The number of rotatable bonds is 4. The van der Waals surface area contributed by atoms with Crippen LogP contribution in [0.1, 0.15) is 41.4 Å². The topological polar surface area (TPSA) is 62.2 Å². The van der Waals surface area contributed by atoms with Gasteiger partial charge in [0.25, 0.3) is 0 Å². The van der Waals surface area contributed by atoms with E-state index in [1.54, 1.807) is 12.1 Å². The standard InChI is InChI=1S/C16H17ClN2O2/c1-9(2)13-7-11(16(20)21)8-15(18-13)19-14-6-10(3)4-5-12(14)17/h4-9H,1-3H3,(H,18,19)(H,20,21). The van der Waals surface area contributed by atoms with Crippen LogP contribution in [0.4, 0.5) is 11.5 Å². The molecule has 0 amide bonds. The molecule has 0 saturated carbocycles. The zero-order valence-corrected chi connectivity index (χ0v) is 12.9. The van der Waals surface area contributed by atoms with Crippen LogP contribution >= 0.6 is 11.6 Å². The van der Waals surface area contributed by atoms with Crippen LogP contribution in [0.5, 0.6) is 0 Å². The van der Waals surface area contributed by atoms with E-state index in [-0.39, 0.29) is 11.5 Å². The van der Waals surface area contributed by atoms with E-state index < -0.39 is 5.97 Å². The summed E-state index contributed by atoms with van der Waals surface area (Å²) in [5, 5.41) is 12.9. The Labute approximate surface area is 128 Å². The van der Waals surface area contributed by atoms with Gasteiger partial charge in [0.1, 0.15) is 5.82 Å². The second-order valence-corrected chi connectivity index (χ2v) is 5.64. The molecule has 2 aromatic rings. The lowest BCUT2D eigenvalue weighted by Crippen LogP contribution is -2.05. The third-order valence-corrected chi connectivity index (χ3v) is 3.40. The van der Waals surface area contributed by atoms with Gasteiger partial charge in [-0.25, -0.2) is 9.78 Å². The van der Waals surface area contributed by atoms with Gasteiger partial charge in [-0.05, 0) is 42.7 Å². The number of halogens is 1. The molecule has 0 unspecified atom stereocenters. The van der Waals surface area contributed by atoms with Gasteiger partial charge in [-0.3, -0.25) is 0 Å². The van der Waals surface area contributed by atoms with Gasteiger partial charge in [-0.15, -0.1) is 0 Å². The van der Waals surface area contributed by atoms with Crippen LogP contribution in [-0.2, 0) is 0 Å². The minimum Gasteiger partial charge on any atom is -0.478 e. The van der Waals surface area contributed by atoms with Crippen LogP contribution in [0.15, 0.2) is 30.3 Å². The van der Waals surface area contributed by atoms with Crippen LogP contribution < -0.4 is 5.32 Å². The average molecular weight is 305 g/mol. The highest BCUT2D eigenvalue weighted by molar-refractivity contribution is 6.33. The SMILES string of the molecule is Cc1ccc(Cl)c(Nc2cc(C(=O)O)cc(C(C)C)n2)c1. The van der Waals surface area contributed by atoms with Gasteiger partial charge in [0.2, 0.25) is 0 Å². The predicted octanol–water partition coefficient (Wildman–Crippen LogP) is 4.61. The number of hydrogen-bond acceptors (Lipinski definition) is 3. The first kappa shape index (κ1) is 15.3. The number of hydrogen-bond donors (Lipinski definition) is 2. The molecule has 0 fully saturated rings. The van der Waals surface area contributed by atoms with Crippen LogP contribution in [-0.4, -0.2) is 16.1 Å². The number of carbonyl (C=O) groups is 1. The first-order valence-corrected chi connectivity index (χ1v) is 7.03. The highest BCUT2D eigenvalue weighted by atomic mass is 35.5. The minimum atomic E-state index is -0.974. The van der Waals surface area contributed by atoms with Crippen molar-refractivity contribution in [2.24, 2.45) is 0 Å². The maximum absolute atomic E-state index is 11.2. The lowest BCUT2D eigenvalue weighted by molar-refractivity contribution is 0.0696. The van der Waals surface area contributed by atoms with Gasteiger partial charge in [-0.2, -0.15) is 0 Å². The quantitative estimate of drug-likeness (QED) is 0.866. The second-order valence-electron chi connectivity index (χ2n) is 5.23. The molecule has 1 aromatic carbocycles. The number of aromatic carboxylic acids is 1. The second kappa shape index (κ2) is 6.14. The van der Waals surface area contributed by atoms with Gasteiger partial charge >= 0.3 is 5.97 Å². The summed E-state index contributed by atoms with van der Waals surface area (Å²) in [4.78, 5) is 15.7. The number of aromatic nitrogens is 1. The van der Waals surface area contributed by atoms with Crippen molar-refractivity contribution >= 4 is 29.1 Å². The van der Waals surface area contributed by atoms with Crippen LogP contribution in [0.3, 0.4) is 0 Å². The van der Waals surface area contributed by atoms with Gasteiger partial charge in [0.15, 0.2) is 0 Å². The molecule has 0 aliphatic carbocycles. The number of nitrogens with one attached hydrogen (secondary N) is 1. The Morgan fingerprint density at radius 3 is 2.62 bits per heavy atom. The molecule has 0 atom stereocenters. The van der Waals surface area contributed by atoms with Gasteiger partial charge in [0.05, 0.1) is 16.3 Å². The van der Waals surface area contributed by atoms with E-state index in [0.29, 0.717) is 16.5 Å². The van der Waals surface area contributed by atoms with Gasteiger partial charge in [-0.1, -0.05) is 31.5 Å². The molecule has 2 rings (SSSR count). The van der Waals surface area contributed by atoms with Crippen molar-refractivity contribution < 1.29 is 9.90 Å². The van der Waals surface area contributed by atoms with E-state index in [9.17, 15) is 9.90 Å². The van der Waals surface area contributed by atoms with Crippen molar-refractivity contribution in [3.63, 3.8) is 0 Å². The number of aryl methyl sites for hydroxylation is 1. The Hall–Kier alpha value is -2.07. The number of nitrogens with zero attached hydrogens (tertiary/aromatic N) is 1. The van der Waals surface area contributed by atoms with E-state index in [1.807, 2.05) is 32.9 Å². The van der Waals surface area contributed by atoms with Crippen molar-refractivity contribution in [1.82, 2.24) is 4.98 Å². The predicted molar refractivity (Wildman–Crippen MR) is 84.8 cm³/mol. The summed E-state index contributed by atoms with van der Waals surface area (Å²) in [7, 11) is 0. The smallest absolute Gasteiger partial charge is 0.335 e. The Bertz CT molecular complexity index is 684. The molecule has 5 heteroatoms. The fraction of sp³-hybridized carbons (Fsp3) is 0.250. The molecule has 0 bridgehead atoms. The van der Waals surface area contributed by atoms with Crippen LogP contribution in [0.25, 0.3) is 0 Å². The molecule has 0 saturated heterocycles. The van der Waals surface area contributed by atoms with Crippen molar-refractivity contribution in [3.05, 3.63) is 52.2 Å². The molecule has 0 aliphatic rings. The lowest BCUT2D eigenvalue weighted by atomic mass is 10.1. The number of pyridine rings is 1. The first-order valence-electron chi connectivity index (χ1n) is 6.65. The molecular weight excluding hydrogens is 288 g/mol. The molecule has 110 valence electrons. The molecule has 21 heavy (non-hydrogen) atoms. The maximum atomic E-state index is 11.2. The zero-order chi connectivity index (χ0) is 15.6. The summed E-state index contributed by atoms with van der Waals surface area (Å²) >= 11 is 6.14. The van der Waals surface area contributed by atoms with E-state index in [4.69, 9.17) is 11.6 Å². The fourth-order valence-electron chi connectivity index (χ4n) is 1.91. The first-order chi connectivity index (χ1) is 9.86. The van der Waals surface area contributed by atoms with Crippen molar-refractivity contribution in [3.8, 4) is 0 Å². The van der Waals surface area contributed by atoms with Crippen molar-refractivity contribution in [2.75, 3.05) is 5.32 Å². The molecule has 2 N–H and O–H groups in total. The lowest BCUT2D eigenvalue weighted by Gasteiger charge is -2.12. The molecule has 4 nitrogen and oxygen atoms in total. The monoisotopic (exact) mass is 304 g/mol. The molecular formula is C16H17ClN2O2. The van der Waals surface area contributed by atoms with Gasteiger partial charge in [0, 0.05) is 5.69 Å². The van der Waals surface area contributed by atoms with Crippen LogP contribution in [0.2, 0.25) is 5.02 Å². The van der Waals surface area contributed by atoms with Gasteiger partial charge < -0.3 is 10.4 Å². The Kier molecular flexibility index (Phi) is 4.48. The fourth-order valence-corrected chi connectivity index (χ4v) is 2.07. The molecule has 0 radical (unpaired) electrons. The third kappa shape index (κ3) is 3.73. The number of carboxylic acid groups (broad SMARTS) is 1. The Balaban J connectivity index is 2.43. The summed E-state index contributed by atoms with van der Waals surface area (Å²) in [6, 6.07) is 8.70. The molecule has 0 aliphatic heterocycles. The van der Waals surface area contributed by atoms with E-state index in [1.165, 1.54) is 6.07 Å². The average Bonchev–Trinajstić information content (AvgIpc) is 2.42. The summed E-state index contributed by atoms with van der Waals surface area (Å²) in [5.74, 6) is -0.360. The number of carboxylic acids is 1. The highest BCUT2D eigenvalue weighted by Crippen LogP contribution is 2.27. The molecule has 0 spiro atoms. The summed E-state index contributed by atoms with van der Waals surface area (Å²) in [5.41, 5.74) is 2.70. The third-order valence-electron chi connectivity index (χ3n) is 3.07. The van der Waals surface area contributed by atoms with E-state index >= 15 is 0 Å². The Morgan fingerprint density at radius 1 is 1.29 bits per heavy atom. The maximum Gasteiger partial charge on any atom is 0.335 e. The summed E-state index contributed by atoms with van der Waals surface area (Å²) < 4.78 is 0. The number of anilines is 2.